The third kappa shape index (κ3) is 1.21. The standard InChI is InChI=1S/C9H11N3OS/c1-5(2)12-4-11-6-3-14-8(10)7(6)9(12)13/h3-5H,10H2,1-2H3. The van der Waals surface area contributed by atoms with E-state index in [4.69, 9.17) is 5.73 Å². The van der Waals surface area contributed by atoms with Gasteiger partial charge in [0.25, 0.3) is 5.56 Å². The fourth-order valence-electron chi connectivity index (χ4n) is 1.35. The second-order valence-electron chi connectivity index (χ2n) is 3.41. The average molecular weight is 209 g/mol. The molecule has 0 saturated carbocycles. The average Bonchev–Trinajstić information content (AvgIpc) is 2.48. The van der Waals surface area contributed by atoms with Gasteiger partial charge in [-0.3, -0.25) is 9.36 Å². The molecule has 74 valence electrons. The Morgan fingerprint density at radius 2 is 2.29 bits per heavy atom. The molecule has 0 aliphatic carbocycles. The van der Waals surface area contributed by atoms with E-state index in [1.807, 2.05) is 13.8 Å². The summed E-state index contributed by atoms with van der Waals surface area (Å²) in [7, 11) is 0. The molecule has 0 saturated heterocycles. The second kappa shape index (κ2) is 3.09. The van der Waals surface area contributed by atoms with Crippen LogP contribution in [0.15, 0.2) is 16.5 Å². The molecule has 2 heterocycles. The lowest BCUT2D eigenvalue weighted by molar-refractivity contribution is 0.573. The third-order valence-electron chi connectivity index (χ3n) is 2.13. The molecular formula is C9H11N3OS. The summed E-state index contributed by atoms with van der Waals surface area (Å²) in [6.07, 6.45) is 1.57. The van der Waals surface area contributed by atoms with Crippen LogP contribution in [-0.2, 0) is 0 Å². The molecule has 0 spiro atoms. The molecule has 2 aromatic heterocycles. The van der Waals surface area contributed by atoms with E-state index in [-0.39, 0.29) is 11.6 Å². The first-order chi connectivity index (χ1) is 6.61. The van der Waals surface area contributed by atoms with Crippen LogP contribution in [-0.4, -0.2) is 9.55 Å². The van der Waals surface area contributed by atoms with Gasteiger partial charge in [0.2, 0.25) is 0 Å². The molecule has 0 atom stereocenters. The Kier molecular flexibility index (Phi) is 2.03. The van der Waals surface area contributed by atoms with Crippen LogP contribution in [0.2, 0.25) is 0 Å². The number of anilines is 1. The molecular weight excluding hydrogens is 198 g/mol. The van der Waals surface area contributed by atoms with Crippen molar-refractivity contribution in [2.75, 3.05) is 5.73 Å². The lowest BCUT2D eigenvalue weighted by Crippen LogP contribution is -2.22. The number of fused-ring (bicyclic) bond motifs is 1. The Balaban J connectivity index is 2.86. The number of aromatic nitrogens is 2. The molecule has 0 aromatic carbocycles. The Labute approximate surface area is 85.0 Å². The summed E-state index contributed by atoms with van der Waals surface area (Å²) in [5.74, 6) is 0. The largest absolute Gasteiger partial charge is 0.390 e. The molecule has 0 fully saturated rings. The van der Waals surface area contributed by atoms with Gasteiger partial charge in [-0.25, -0.2) is 4.98 Å². The number of nitrogen functional groups attached to an aromatic ring is 1. The summed E-state index contributed by atoms with van der Waals surface area (Å²) < 4.78 is 1.59. The zero-order valence-corrected chi connectivity index (χ0v) is 8.84. The fourth-order valence-corrected chi connectivity index (χ4v) is 2.07. The molecule has 2 N–H and O–H groups in total. The van der Waals surface area contributed by atoms with Gasteiger partial charge in [0.15, 0.2) is 0 Å². The number of nitrogens with zero attached hydrogens (tertiary/aromatic N) is 2. The summed E-state index contributed by atoms with van der Waals surface area (Å²) in [6.45, 7) is 3.88. The monoisotopic (exact) mass is 209 g/mol. The molecule has 0 amide bonds. The normalized spacial score (nSPS) is 11.4. The maximum Gasteiger partial charge on any atom is 0.264 e. The van der Waals surface area contributed by atoms with E-state index in [1.165, 1.54) is 11.3 Å². The van der Waals surface area contributed by atoms with Gasteiger partial charge < -0.3 is 5.73 Å². The predicted octanol–water partition coefficient (Wildman–Crippen LogP) is 1.62. The number of nitrogens with two attached hydrogens (primary N) is 1. The first-order valence-corrected chi connectivity index (χ1v) is 5.23. The van der Waals surface area contributed by atoms with E-state index in [2.05, 4.69) is 4.98 Å². The highest BCUT2D eigenvalue weighted by molar-refractivity contribution is 7.15. The molecule has 0 bridgehead atoms. The summed E-state index contributed by atoms with van der Waals surface area (Å²) in [5.41, 5.74) is 6.35. The zero-order valence-electron chi connectivity index (χ0n) is 8.02. The molecule has 0 aliphatic rings. The van der Waals surface area contributed by atoms with E-state index >= 15 is 0 Å². The van der Waals surface area contributed by atoms with Crippen LogP contribution in [0.4, 0.5) is 5.00 Å². The summed E-state index contributed by atoms with van der Waals surface area (Å²) in [4.78, 5) is 16.1. The quantitative estimate of drug-likeness (QED) is 0.776. The van der Waals surface area contributed by atoms with Gasteiger partial charge in [-0.15, -0.1) is 11.3 Å². The lowest BCUT2D eigenvalue weighted by Gasteiger charge is -2.08. The van der Waals surface area contributed by atoms with Crippen molar-refractivity contribution >= 4 is 27.2 Å². The van der Waals surface area contributed by atoms with Gasteiger partial charge in [-0.2, -0.15) is 0 Å². The van der Waals surface area contributed by atoms with Crippen LogP contribution < -0.4 is 11.3 Å². The highest BCUT2D eigenvalue weighted by Gasteiger charge is 2.10. The minimum atomic E-state index is -0.0521. The molecule has 0 aliphatic heterocycles. The van der Waals surface area contributed by atoms with Gasteiger partial charge in [-0.1, -0.05) is 0 Å². The van der Waals surface area contributed by atoms with Crippen LogP contribution in [0.25, 0.3) is 10.9 Å². The van der Waals surface area contributed by atoms with Crippen molar-refractivity contribution in [2.24, 2.45) is 0 Å². The SMILES string of the molecule is CC(C)n1cnc2csc(N)c2c1=O. The van der Waals surface area contributed by atoms with Crippen molar-refractivity contribution in [2.45, 2.75) is 19.9 Å². The van der Waals surface area contributed by atoms with Gasteiger partial charge >= 0.3 is 0 Å². The van der Waals surface area contributed by atoms with Crippen molar-refractivity contribution in [1.82, 2.24) is 9.55 Å². The maximum absolute atomic E-state index is 11.9. The topological polar surface area (TPSA) is 60.9 Å². The first kappa shape index (κ1) is 9.21. The van der Waals surface area contributed by atoms with Crippen molar-refractivity contribution in [1.29, 1.82) is 0 Å². The Hall–Kier alpha value is -1.36. The van der Waals surface area contributed by atoms with Gasteiger partial charge in [0.1, 0.15) is 5.00 Å². The van der Waals surface area contributed by atoms with Gasteiger partial charge in [0, 0.05) is 11.4 Å². The summed E-state index contributed by atoms with van der Waals surface area (Å²) >= 11 is 1.35. The highest BCUT2D eigenvalue weighted by atomic mass is 32.1. The molecule has 4 nitrogen and oxygen atoms in total. The van der Waals surface area contributed by atoms with E-state index in [0.29, 0.717) is 15.9 Å². The highest BCUT2D eigenvalue weighted by Crippen LogP contribution is 2.23. The number of hydrogen-bond donors (Lipinski definition) is 1. The van der Waals surface area contributed by atoms with E-state index in [1.54, 1.807) is 16.3 Å². The molecule has 0 unspecified atom stereocenters. The van der Waals surface area contributed by atoms with Crippen LogP contribution in [0.5, 0.6) is 0 Å². The predicted molar refractivity (Wildman–Crippen MR) is 58.7 cm³/mol. The minimum absolute atomic E-state index is 0.0521. The maximum atomic E-state index is 11.9. The second-order valence-corrected chi connectivity index (χ2v) is 4.32. The van der Waals surface area contributed by atoms with Crippen LogP contribution in [0.3, 0.4) is 0 Å². The third-order valence-corrected chi connectivity index (χ3v) is 2.93. The van der Waals surface area contributed by atoms with Crippen LogP contribution in [0, 0.1) is 0 Å². The van der Waals surface area contributed by atoms with Crippen molar-refractivity contribution < 1.29 is 0 Å². The van der Waals surface area contributed by atoms with Crippen LogP contribution in [0.1, 0.15) is 19.9 Å². The molecule has 2 rings (SSSR count). The fraction of sp³-hybridized carbons (Fsp3) is 0.333. The molecule has 5 heteroatoms. The van der Waals surface area contributed by atoms with E-state index in [0.717, 1.165) is 0 Å². The van der Waals surface area contributed by atoms with E-state index in [9.17, 15) is 4.79 Å². The van der Waals surface area contributed by atoms with Crippen molar-refractivity contribution in [3.05, 3.63) is 22.1 Å². The number of hydrogen-bond acceptors (Lipinski definition) is 4. The Bertz CT molecular complexity index is 526. The minimum Gasteiger partial charge on any atom is -0.390 e. The van der Waals surface area contributed by atoms with Crippen LogP contribution >= 0.6 is 11.3 Å². The van der Waals surface area contributed by atoms with Crippen molar-refractivity contribution in [3.63, 3.8) is 0 Å². The van der Waals surface area contributed by atoms with E-state index < -0.39 is 0 Å². The first-order valence-electron chi connectivity index (χ1n) is 4.35. The number of thiophene rings is 1. The molecule has 2 aromatic rings. The van der Waals surface area contributed by atoms with Gasteiger partial charge in [0.05, 0.1) is 17.2 Å². The smallest absolute Gasteiger partial charge is 0.264 e. The zero-order chi connectivity index (χ0) is 10.3. The molecule has 0 radical (unpaired) electrons. The number of rotatable bonds is 1. The lowest BCUT2D eigenvalue weighted by atomic mass is 10.3. The Morgan fingerprint density at radius 1 is 1.57 bits per heavy atom. The molecule has 14 heavy (non-hydrogen) atoms. The van der Waals surface area contributed by atoms with Gasteiger partial charge in [-0.05, 0) is 13.8 Å². The summed E-state index contributed by atoms with van der Waals surface area (Å²) in [5, 5.41) is 2.90. The summed E-state index contributed by atoms with van der Waals surface area (Å²) in [6, 6.07) is 0.110. The Morgan fingerprint density at radius 3 is 2.93 bits per heavy atom. The van der Waals surface area contributed by atoms with Crippen molar-refractivity contribution in [3.8, 4) is 0 Å².